The molecule has 2 atom stereocenters. The third kappa shape index (κ3) is 2.92. The second-order valence-corrected chi connectivity index (χ2v) is 5.79. The van der Waals surface area contributed by atoms with Gasteiger partial charge in [0.05, 0.1) is 12.8 Å². The number of aromatic amines is 1. The van der Waals surface area contributed by atoms with Gasteiger partial charge in [0.1, 0.15) is 21.9 Å². The Morgan fingerprint density at radius 1 is 1.71 bits per heavy atom. The molecule has 7 nitrogen and oxygen atoms in total. The Balaban J connectivity index is 2.07. The SMILES string of the molecule is [2H]c1nc(N(C)[C@H]2CN(C(=O)C([2H])([2H])[N+]#[C-])CC[C@H]2C([2H])([2H])[2H])c2c([2H])c(C)[nH]c2n1. The number of likely N-dealkylation sites (tertiary alicyclic amines) is 1. The van der Waals surface area contributed by atoms with Gasteiger partial charge in [-0.05, 0) is 25.3 Å². The predicted molar refractivity (Wildman–Crippen MR) is 92.6 cm³/mol. The lowest BCUT2D eigenvalue weighted by Crippen LogP contribution is -2.53. The van der Waals surface area contributed by atoms with Crippen molar-refractivity contribution >= 4 is 22.8 Å². The van der Waals surface area contributed by atoms with E-state index in [9.17, 15) is 4.79 Å². The molecule has 1 N–H and O–H groups in total. The summed E-state index contributed by atoms with van der Waals surface area (Å²) in [6.45, 7) is 3.40. The Morgan fingerprint density at radius 3 is 3.29 bits per heavy atom. The fraction of sp³-hybridized carbons (Fsp3) is 0.529. The number of amides is 1. The summed E-state index contributed by atoms with van der Waals surface area (Å²) in [7, 11) is 1.57. The van der Waals surface area contributed by atoms with Crippen LogP contribution in [-0.4, -0.2) is 58.4 Å². The van der Waals surface area contributed by atoms with Crippen molar-refractivity contribution in [2.45, 2.75) is 26.2 Å². The molecule has 0 unspecified atom stereocenters. The monoisotopic (exact) mass is 333 g/mol. The van der Waals surface area contributed by atoms with Crippen LogP contribution in [0.2, 0.25) is 0 Å². The first kappa shape index (κ1) is 9.62. The molecule has 2 aromatic heterocycles. The Labute approximate surface area is 151 Å². The van der Waals surface area contributed by atoms with Gasteiger partial charge in [-0.3, -0.25) is 4.79 Å². The van der Waals surface area contributed by atoms with Crippen LogP contribution in [0.15, 0.2) is 12.3 Å². The van der Waals surface area contributed by atoms with E-state index in [1.165, 1.54) is 4.90 Å². The molecule has 3 rings (SSSR count). The maximum Gasteiger partial charge on any atom is 0.302 e. The number of carbonyl (C=O) groups is 1. The van der Waals surface area contributed by atoms with Gasteiger partial charge in [-0.1, -0.05) is 6.85 Å². The number of rotatable bonds is 3. The zero-order valence-corrected chi connectivity index (χ0v) is 13.4. The molecule has 0 aromatic carbocycles. The quantitative estimate of drug-likeness (QED) is 0.871. The van der Waals surface area contributed by atoms with Crippen molar-refractivity contribution in [1.29, 1.82) is 0 Å². The van der Waals surface area contributed by atoms with Crippen LogP contribution in [0.1, 0.15) is 28.6 Å². The van der Waals surface area contributed by atoms with Crippen LogP contribution < -0.4 is 4.90 Å². The summed E-state index contributed by atoms with van der Waals surface area (Å²) in [5.41, 5.74) is 0.797. The first-order valence-corrected chi connectivity index (χ1v) is 7.52. The first-order valence-electron chi connectivity index (χ1n) is 11.0. The number of hydrogen-bond donors (Lipinski definition) is 1. The van der Waals surface area contributed by atoms with Crippen LogP contribution in [0.4, 0.5) is 5.82 Å². The third-order valence-electron chi connectivity index (χ3n) is 4.25. The maximum absolute atomic E-state index is 12.5. The number of nitrogens with zero attached hydrogens (tertiary/aromatic N) is 5. The fourth-order valence-corrected chi connectivity index (χ4v) is 2.98. The minimum absolute atomic E-state index is 0.0110. The van der Waals surface area contributed by atoms with Crippen LogP contribution in [0.25, 0.3) is 15.9 Å². The lowest BCUT2D eigenvalue weighted by molar-refractivity contribution is -0.130. The topological polar surface area (TPSA) is 69.5 Å². The molecule has 24 heavy (non-hydrogen) atoms. The molecule has 1 amide bonds. The van der Waals surface area contributed by atoms with E-state index in [4.69, 9.17) is 16.2 Å². The van der Waals surface area contributed by atoms with Crippen molar-refractivity contribution in [3.8, 4) is 0 Å². The van der Waals surface area contributed by atoms with Crippen LogP contribution in [0.3, 0.4) is 0 Å². The number of fused-ring (bicyclic) bond motifs is 1. The molecule has 1 fully saturated rings. The molecule has 3 heterocycles. The van der Waals surface area contributed by atoms with Gasteiger partial charge in [-0.15, -0.1) is 0 Å². The van der Waals surface area contributed by atoms with Gasteiger partial charge in [0.15, 0.2) is 0 Å². The van der Waals surface area contributed by atoms with E-state index in [-0.39, 0.29) is 43.3 Å². The van der Waals surface area contributed by atoms with Gasteiger partial charge in [-0.2, -0.15) is 0 Å². The van der Waals surface area contributed by atoms with Crippen LogP contribution in [0, 0.1) is 19.4 Å². The molecule has 1 saturated heterocycles. The smallest absolute Gasteiger partial charge is 0.302 e. The molecule has 0 saturated carbocycles. The zero-order chi connectivity index (χ0) is 23.3. The molecule has 1 aliphatic rings. The van der Waals surface area contributed by atoms with Gasteiger partial charge in [0.25, 0.3) is 6.50 Å². The zero-order valence-electron chi connectivity index (χ0n) is 20.4. The Morgan fingerprint density at radius 2 is 2.54 bits per heavy atom. The largest absolute Gasteiger partial charge is 0.354 e. The Kier molecular flexibility index (Phi) is 2.60. The Bertz CT molecular complexity index is 1060. The number of aromatic nitrogens is 3. The lowest BCUT2D eigenvalue weighted by Gasteiger charge is -2.41. The van der Waals surface area contributed by atoms with Crippen molar-refractivity contribution in [2.24, 2.45) is 5.92 Å². The molecule has 0 bridgehead atoms. The second kappa shape index (κ2) is 6.48. The van der Waals surface area contributed by atoms with E-state index in [1.54, 1.807) is 14.0 Å². The van der Waals surface area contributed by atoms with Crippen molar-refractivity contribution < 1.29 is 14.4 Å². The summed E-state index contributed by atoms with van der Waals surface area (Å²) in [5.74, 6) is -1.70. The van der Waals surface area contributed by atoms with Gasteiger partial charge in [0.2, 0.25) is 0 Å². The normalized spacial score (nSPS) is 26.2. The van der Waals surface area contributed by atoms with Crippen molar-refractivity contribution in [1.82, 2.24) is 19.9 Å². The fourth-order valence-electron chi connectivity index (χ4n) is 2.98. The standard InChI is InChI=1S/C17H22N6O/c1-11-5-6-23(15(24)8-18-3)9-14(11)22(4)17-13-7-12(2)21-16(13)19-10-20-17/h7,10-11,14H,5-6,8-9H2,1-2,4H3,(H,19,20,21)/t11-,14+/m1/s1/i1D3,7D,8D2,10D. The number of carbonyl (C=O) groups excluding carboxylic acids is 1. The summed E-state index contributed by atoms with van der Waals surface area (Å²) in [4.78, 5) is 29.0. The number of aryl methyl sites for hydroxylation is 1. The summed E-state index contributed by atoms with van der Waals surface area (Å²) >= 11 is 0. The molecular formula is C17H22N6O. The van der Waals surface area contributed by atoms with Crippen molar-refractivity contribution in [2.75, 3.05) is 31.5 Å². The molecule has 7 heteroatoms. The van der Waals surface area contributed by atoms with E-state index in [1.807, 2.05) is 0 Å². The van der Waals surface area contributed by atoms with E-state index >= 15 is 0 Å². The third-order valence-corrected chi connectivity index (χ3v) is 4.25. The minimum Gasteiger partial charge on any atom is -0.354 e. The van der Waals surface area contributed by atoms with Gasteiger partial charge < -0.3 is 19.6 Å². The van der Waals surface area contributed by atoms with Gasteiger partial charge in [0, 0.05) is 29.9 Å². The molecular weight excluding hydrogens is 304 g/mol. The number of likely N-dealkylation sites (N-methyl/N-ethyl adjacent to an activating group) is 1. The number of piperidine rings is 1. The molecule has 2 aromatic rings. The number of H-pyrrole nitrogens is 1. The summed E-state index contributed by atoms with van der Waals surface area (Å²) in [6.07, 6.45) is -0.234. The summed E-state index contributed by atoms with van der Waals surface area (Å²) < 4.78 is 55.3. The van der Waals surface area contributed by atoms with Gasteiger partial charge in [-0.25, -0.2) is 16.5 Å². The number of anilines is 1. The summed E-state index contributed by atoms with van der Waals surface area (Å²) in [5, 5.41) is 0.334. The van der Waals surface area contributed by atoms with E-state index < -0.39 is 31.2 Å². The van der Waals surface area contributed by atoms with Crippen LogP contribution >= 0.6 is 0 Å². The van der Waals surface area contributed by atoms with Crippen LogP contribution in [0.5, 0.6) is 0 Å². The Hall–Kier alpha value is -2.62. The molecule has 126 valence electrons. The van der Waals surface area contributed by atoms with Crippen LogP contribution in [-0.2, 0) is 4.79 Å². The highest BCUT2D eigenvalue weighted by Crippen LogP contribution is 2.29. The highest BCUT2D eigenvalue weighted by molar-refractivity contribution is 5.88. The average Bonchev–Trinajstić information content (AvgIpc) is 2.98. The highest BCUT2D eigenvalue weighted by atomic mass is 16.2. The molecule has 0 aliphatic carbocycles. The van der Waals surface area contributed by atoms with E-state index in [2.05, 4.69) is 19.8 Å². The molecule has 1 aliphatic heterocycles. The first-order chi connectivity index (χ1) is 14.3. The minimum atomic E-state index is -2.74. The predicted octanol–water partition coefficient (Wildman–Crippen LogP) is 1.86. The lowest BCUT2D eigenvalue weighted by atomic mass is 9.92. The maximum atomic E-state index is 12.5. The average molecular weight is 333 g/mol. The number of nitrogens with one attached hydrogen (secondary N) is 1. The van der Waals surface area contributed by atoms with Crippen molar-refractivity contribution in [3.05, 3.63) is 29.5 Å². The number of hydrogen-bond acceptors (Lipinski definition) is 4. The highest BCUT2D eigenvalue weighted by Gasteiger charge is 2.33. The van der Waals surface area contributed by atoms with E-state index in [0.717, 1.165) is 4.90 Å². The van der Waals surface area contributed by atoms with Gasteiger partial charge >= 0.3 is 5.91 Å². The van der Waals surface area contributed by atoms with E-state index in [0.29, 0.717) is 11.1 Å². The van der Waals surface area contributed by atoms with Crippen molar-refractivity contribution in [3.63, 3.8) is 0 Å². The summed E-state index contributed by atoms with van der Waals surface area (Å²) in [6, 6.07) is -0.686. The molecule has 0 spiro atoms. The second-order valence-electron chi connectivity index (χ2n) is 5.79. The molecule has 0 radical (unpaired) electrons.